The van der Waals surface area contributed by atoms with Gasteiger partial charge in [0.2, 0.25) is 5.91 Å². The smallest absolute Gasteiger partial charge is 0.261 e. The van der Waals surface area contributed by atoms with Crippen LogP contribution in [0.25, 0.3) is 10.8 Å². The number of nitrogens with one attached hydrogen (secondary N) is 1. The average Bonchev–Trinajstić information content (AvgIpc) is 2.56. The molecule has 2 aromatic carbocycles. The number of hydrogen-bond donors (Lipinski definition) is 1. The van der Waals surface area contributed by atoms with Crippen LogP contribution in [0, 0.1) is 0 Å². The average molecular weight is 396 g/mol. The lowest BCUT2D eigenvalue weighted by Gasteiger charge is -2.27. The van der Waals surface area contributed by atoms with Crippen molar-refractivity contribution in [3.8, 4) is 0 Å². The van der Waals surface area contributed by atoms with E-state index in [9.17, 15) is 14.4 Å². The van der Waals surface area contributed by atoms with Crippen molar-refractivity contribution < 1.29 is 14.4 Å². The number of carbonyl (C=O) groups is 3. The van der Waals surface area contributed by atoms with Gasteiger partial charge in [-0.1, -0.05) is 28.1 Å². The van der Waals surface area contributed by atoms with E-state index in [2.05, 4.69) is 21.2 Å². The van der Waals surface area contributed by atoms with Crippen molar-refractivity contribution in [3.63, 3.8) is 0 Å². The fraction of sp³-hybridized carbons (Fsp3) is 0.188. The second kappa shape index (κ2) is 6.29. The van der Waals surface area contributed by atoms with E-state index in [1.54, 1.807) is 24.3 Å². The van der Waals surface area contributed by atoms with Gasteiger partial charge in [-0.05, 0) is 23.6 Å². The second-order valence-corrected chi connectivity index (χ2v) is 6.19. The van der Waals surface area contributed by atoms with Crippen molar-refractivity contribution in [3.05, 3.63) is 45.9 Å². The van der Waals surface area contributed by atoms with Crippen molar-refractivity contribution >= 4 is 56.0 Å². The molecule has 1 heterocycles. The predicted molar refractivity (Wildman–Crippen MR) is 90.7 cm³/mol. The van der Waals surface area contributed by atoms with Gasteiger partial charge in [0.1, 0.15) is 5.88 Å². The fourth-order valence-electron chi connectivity index (χ4n) is 2.67. The number of benzene rings is 2. The summed E-state index contributed by atoms with van der Waals surface area (Å²) in [4.78, 5) is 37.6. The molecule has 23 heavy (non-hydrogen) atoms. The molecule has 3 rings (SSSR count). The maximum Gasteiger partial charge on any atom is 0.261 e. The van der Waals surface area contributed by atoms with Gasteiger partial charge in [0, 0.05) is 34.1 Å². The number of nitrogens with zero attached hydrogens (tertiary/aromatic N) is 1. The second-order valence-electron chi connectivity index (χ2n) is 5.07. The van der Waals surface area contributed by atoms with E-state index in [-0.39, 0.29) is 36.7 Å². The number of imide groups is 1. The molecule has 0 saturated carbocycles. The standard InChI is InChI=1S/C16H12BrClN2O3/c17-12-5-4-11-14-9(12)2-1-3-10(14)15(22)20(16(11)23)7-6-19-13(21)8-18/h1-5H,6-8H2,(H,19,21). The Bertz CT molecular complexity index is 815. The molecule has 2 aromatic rings. The molecule has 5 nitrogen and oxygen atoms in total. The van der Waals surface area contributed by atoms with E-state index >= 15 is 0 Å². The topological polar surface area (TPSA) is 66.5 Å². The first kappa shape index (κ1) is 16.0. The first-order valence-corrected chi connectivity index (χ1v) is 8.27. The van der Waals surface area contributed by atoms with E-state index in [0.717, 1.165) is 14.8 Å². The largest absolute Gasteiger partial charge is 0.353 e. The number of halogens is 2. The van der Waals surface area contributed by atoms with Crippen LogP contribution in [-0.4, -0.2) is 41.6 Å². The number of rotatable bonds is 4. The van der Waals surface area contributed by atoms with Gasteiger partial charge in [-0.2, -0.15) is 0 Å². The van der Waals surface area contributed by atoms with Crippen LogP contribution in [0.1, 0.15) is 20.7 Å². The first-order valence-electron chi connectivity index (χ1n) is 6.94. The lowest BCUT2D eigenvalue weighted by molar-refractivity contribution is -0.118. The van der Waals surface area contributed by atoms with Gasteiger partial charge in [-0.15, -0.1) is 11.6 Å². The lowest BCUT2D eigenvalue weighted by atomic mass is 9.94. The molecule has 7 heteroatoms. The highest BCUT2D eigenvalue weighted by atomic mass is 79.9. The van der Waals surface area contributed by atoms with E-state index in [1.807, 2.05) is 6.07 Å². The van der Waals surface area contributed by atoms with Gasteiger partial charge in [0.15, 0.2) is 0 Å². The Morgan fingerprint density at radius 1 is 1.13 bits per heavy atom. The highest BCUT2D eigenvalue weighted by Crippen LogP contribution is 2.34. The summed E-state index contributed by atoms with van der Waals surface area (Å²) in [7, 11) is 0. The van der Waals surface area contributed by atoms with Crippen molar-refractivity contribution in [1.82, 2.24) is 10.2 Å². The van der Waals surface area contributed by atoms with Crippen molar-refractivity contribution in [1.29, 1.82) is 0 Å². The molecule has 0 radical (unpaired) electrons. The Morgan fingerprint density at radius 3 is 2.52 bits per heavy atom. The Morgan fingerprint density at radius 2 is 1.83 bits per heavy atom. The minimum atomic E-state index is -0.355. The Labute approximate surface area is 145 Å². The molecule has 1 N–H and O–H groups in total. The Balaban J connectivity index is 1.97. The summed E-state index contributed by atoms with van der Waals surface area (Å²) in [5.74, 6) is -1.20. The van der Waals surface area contributed by atoms with Crippen molar-refractivity contribution in [2.45, 2.75) is 0 Å². The summed E-state index contributed by atoms with van der Waals surface area (Å²) in [6.07, 6.45) is 0. The zero-order valence-electron chi connectivity index (χ0n) is 11.9. The molecule has 0 saturated heterocycles. The molecule has 118 valence electrons. The van der Waals surface area contributed by atoms with Crippen LogP contribution in [0.5, 0.6) is 0 Å². The number of amides is 3. The normalized spacial score (nSPS) is 13.6. The fourth-order valence-corrected chi connectivity index (χ4v) is 3.23. The summed E-state index contributed by atoms with van der Waals surface area (Å²) in [5, 5.41) is 4.05. The zero-order valence-corrected chi connectivity index (χ0v) is 14.3. The third-order valence-corrected chi connectivity index (χ3v) is 4.65. The molecular weight excluding hydrogens is 384 g/mol. The maximum absolute atomic E-state index is 12.6. The van der Waals surface area contributed by atoms with Gasteiger partial charge in [0.05, 0.1) is 0 Å². The van der Waals surface area contributed by atoms with Crippen LogP contribution in [-0.2, 0) is 4.79 Å². The Kier molecular flexibility index (Phi) is 4.37. The van der Waals surface area contributed by atoms with E-state index in [1.165, 1.54) is 0 Å². The first-order chi connectivity index (χ1) is 11.0. The monoisotopic (exact) mass is 394 g/mol. The van der Waals surface area contributed by atoms with Gasteiger partial charge in [0.25, 0.3) is 11.8 Å². The molecule has 1 aliphatic rings. The van der Waals surface area contributed by atoms with E-state index in [0.29, 0.717) is 16.5 Å². The summed E-state index contributed by atoms with van der Waals surface area (Å²) in [6, 6.07) is 8.85. The van der Waals surface area contributed by atoms with Gasteiger partial charge in [-0.3, -0.25) is 19.3 Å². The van der Waals surface area contributed by atoms with Crippen LogP contribution in [0.2, 0.25) is 0 Å². The highest BCUT2D eigenvalue weighted by molar-refractivity contribution is 9.10. The van der Waals surface area contributed by atoms with Crippen LogP contribution in [0.3, 0.4) is 0 Å². The maximum atomic E-state index is 12.6. The van der Waals surface area contributed by atoms with Crippen LogP contribution in [0.4, 0.5) is 0 Å². The highest BCUT2D eigenvalue weighted by Gasteiger charge is 2.32. The van der Waals surface area contributed by atoms with Crippen LogP contribution in [0.15, 0.2) is 34.8 Å². The minimum absolute atomic E-state index is 0.103. The van der Waals surface area contributed by atoms with Crippen molar-refractivity contribution in [2.75, 3.05) is 19.0 Å². The number of alkyl halides is 1. The molecule has 0 spiro atoms. The molecule has 0 unspecified atom stereocenters. The van der Waals surface area contributed by atoms with Gasteiger partial charge >= 0.3 is 0 Å². The zero-order chi connectivity index (χ0) is 16.6. The minimum Gasteiger partial charge on any atom is -0.353 e. The third-order valence-electron chi connectivity index (χ3n) is 3.72. The Hall–Kier alpha value is -1.92. The van der Waals surface area contributed by atoms with Crippen LogP contribution >= 0.6 is 27.5 Å². The molecule has 0 fully saturated rings. The van der Waals surface area contributed by atoms with Gasteiger partial charge < -0.3 is 5.32 Å². The lowest BCUT2D eigenvalue weighted by Crippen LogP contribution is -2.44. The summed E-state index contributed by atoms with van der Waals surface area (Å²) in [6.45, 7) is 0.275. The van der Waals surface area contributed by atoms with Gasteiger partial charge in [-0.25, -0.2) is 0 Å². The molecule has 0 aliphatic carbocycles. The number of hydrogen-bond acceptors (Lipinski definition) is 3. The summed E-state index contributed by atoms with van der Waals surface area (Å²) < 4.78 is 0.835. The van der Waals surface area contributed by atoms with Crippen molar-refractivity contribution in [2.24, 2.45) is 0 Å². The SMILES string of the molecule is O=C(CCl)NCCN1C(=O)c2cccc3c(Br)ccc(c23)C1=O. The summed E-state index contributed by atoms with van der Waals surface area (Å²) >= 11 is 8.85. The molecule has 0 bridgehead atoms. The van der Waals surface area contributed by atoms with E-state index in [4.69, 9.17) is 11.6 Å². The quantitative estimate of drug-likeness (QED) is 0.639. The molecular formula is C16H12BrClN2O3. The third kappa shape index (κ3) is 2.72. The summed E-state index contributed by atoms with van der Waals surface area (Å²) in [5.41, 5.74) is 0.976. The van der Waals surface area contributed by atoms with E-state index < -0.39 is 0 Å². The molecule has 0 atom stereocenters. The number of carbonyl (C=O) groups excluding carboxylic acids is 3. The molecule has 3 amide bonds. The molecule has 1 aliphatic heterocycles. The molecule has 0 aromatic heterocycles. The van der Waals surface area contributed by atoms with Crippen LogP contribution < -0.4 is 5.32 Å². The predicted octanol–water partition coefficient (Wildman–Crippen LogP) is 2.55.